The average molecular weight is 557 g/mol. The molecule has 0 saturated carbocycles. The molecule has 11 heteroatoms. The van der Waals surface area contributed by atoms with E-state index in [0.717, 1.165) is 17.0 Å². The number of methoxy groups -OCH3 is 1. The van der Waals surface area contributed by atoms with Crippen molar-refractivity contribution in [1.82, 2.24) is 24.8 Å². The van der Waals surface area contributed by atoms with Crippen LogP contribution in [0.25, 0.3) is 11.3 Å². The van der Waals surface area contributed by atoms with Crippen LogP contribution in [0, 0.1) is 0 Å². The zero-order valence-corrected chi connectivity index (χ0v) is 23.4. The fourth-order valence-corrected chi connectivity index (χ4v) is 5.70. The van der Waals surface area contributed by atoms with E-state index in [0.29, 0.717) is 40.9 Å². The molecule has 0 bridgehead atoms. The van der Waals surface area contributed by atoms with Crippen molar-refractivity contribution < 1.29 is 14.3 Å². The van der Waals surface area contributed by atoms with Crippen LogP contribution in [-0.4, -0.2) is 70.4 Å². The van der Waals surface area contributed by atoms with Gasteiger partial charge < -0.3 is 24.4 Å². The summed E-state index contributed by atoms with van der Waals surface area (Å²) in [5, 5.41) is 3.17. The Morgan fingerprint density at radius 3 is 2.50 bits per heavy atom. The van der Waals surface area contributed by atoms with Gasteiger partial charge in [0.15, 0.2) is 0 Å². The molecule has 0 aliphatic carbocycles. The van der Waals surface area contributed by atoms with Gasteiger partial charge in [-0.25, -0.2) is 4.98 Å². The number of nitrogens with zero attached hydrogens (tertiary/aromatic N) is 5. The first-order valence-corrected chi connectivity index (χ1v) is 13.3. The summed E-state index contributed by atoms with van der Waals surface area (Å²) in [6.07, 6.45) is 2.09. The van der Waals surface area contributed by atoms with E-state index in [9.17, 15) is 9.59 Å². The highest BCUT2D eigenvalue weighted by Gasteiger charge is 2.48. The third kappa shape index (κ3) is 4.37. The van der Waals surface area contributed by atoms with Gasteiger partial charge in [0.25, 0.3) is 5.91 Å². The second-order valence-corrected chi connectivity index (χ2v) is 11.1. The Kier molecular flexibility index (Phi) is 7.00. The first kappa shape index (κ1) is 26.3. The van der Waals surface area contributed by atoms with Gasteiger partial charge in [-0.05, 0) is 44.0 Å². The molecule has 2 aromatic heterocycles. The van der Waals surface area contributed by atoms with Crippen LogP contribution in [0.2, 0.25) is 5.02 Å². The third-order valence-corrected chi connectivity index (χ3v) is 7.59. The molecule has 5 rings (SSSR count). The van der Waals surface area contributed by atoms with Gasteiger partial charge >= 0.3 is 0 Å². The van der Waals surface area contributed by atoms with Gasteiger partial charge in [-0.15, -0.1) is 11.6 Å². The van der Waals surface area contributed by atoms with Gasteiger partial charge in [-0.3, -0.25) is 9.59 Å². The van der Waals surface area contributed by atoms with Crippen LogP contribution >= 0.6 is 23.2 Å². The highest BCUT2D eigenvalue weighted by atomic mass is 35.5. The predicted octanol–water partition coefficient (Wildman–Crippen LogP) is 4.30. The number of nitrogens with one attached hydrogen (secondary N) is 1. The van der Waals surface area contributed by atoms with Gasteiger partial charge in [0.05, 0.1) is 41.0 Å². The largest absolute Gasteiger partial charge is 0.480 e. The summed E-state index contributed by atoms with van der Waals surface area (Å²) in [6.45, 7) is 4.49. The zero-order chi connectivity index (χ0) is 27.3. The molecule has 1 saturated heterocycles. The maximum Gasteiger partial charge on any atom is 0.257 e. The number of anilines is 1. The maximum absolute atomic E-state index is 14.1. The number of hydrogen-bond donors (Lipinski definition) is 1. The van der Waals surface area contributed by atoms with Crippen molar-refractivity contribution in [3.8, 4) is 17.1 Å². The minimum atomic E-state index is -0.701. The molecule has 2 amide bonds. The standard InChI is InChI=1S/C27H30Cl2N6O3/c1-14(2)34-20(19-13-31-27(33(3)4)32-25(19)38-5)11-18-23(34)22(15-6-8-16(28)9-7-15)35(26(18)37)21-10-17(29)12-30-24(21)36/h6-9,11,13-14,17,21-22H,10,12H2,1-5H3,(H,30,36). The number of benzene rings is 1. The number of ether oxygens (including phenoxy) is 1. The van der Waals surface area contributed by atoms with Gasteiger partial charge in [0, 0.05) is 37.9 Å². The summed E-state index contributed by atoms with van der Waals surface area (Å²) in [6, 6.07) is 7.99. The van der Waals surface area contributed by atoms with Crippen LogP contribution in [0.1, 0.15) is 54.0 Å². The molecule has 3 unspecified atom stereocenters. The van der Waals surface area contributed by atoms with Crippen molar-refractivity contribution in [2.45, 2.75) is 43.8 Å². The number of amides is 2. The lowest BCUT2D eigenvalue weighted by atomic mass is 9.98. The minimum absolute atomic E-state index is 0.0320. The van der Waals surface area contributed by atoms with Crippen LogP contribution in [0.3, 0.4) is 0 Å². The molecule has 200 valence electrons. The number of rotatable bonds is 6. The van der Waals surface area contributed by atoms with E-state index in [4.69, 9.17) is 27.9 Å². The van der Waals surface area contributed by atoms with Crippen molar-refractivity contribution in [3.63, 3.8) is 0 Å². The minimum Gasteiger partial charge on any atom is -0.480 e. The fraction of sp³-hybridized carbons (Fsp3) is 0.407. The summed E-state index contributed by atoms with van der Waals surface area (Å²) < 4.78 is 7.76. The topological polar surface area (TPSA) is 92.6 Å². The first-order valence-electron chi connectivity index (χ1n) is 12.5. The predicted molar refractivity (Wildman–Crippen MR) is 147 cm³/mol. The normalized spacial score (nSPS) is 21.1. The molecular formula is C27H30Cl2N6O3. The number of hydrogen-bond acceptors (Lipinski definition) is 6. The molecule has 3 aromatic rings. The highest BCUT2D eigenvalue weighted by Crippen LogP contribution is 2.47. The molecule has 4 heterocycles. The summed E-state index contributed by atoms with van der Waals surface area (Å²) in [7, 11) is 5.28. The van der Waals surface area contributed by atoms with E-state index in [1.165, 1.54) is 0 Å². The Hall–Kier alpha value is -3.30. The van der Waals surface area contributed by atoms with E-state index in [-0.39, 0.29) is 23.2 Å². The van der Waals surface area contributed by atoms with Crippen molar-refractivity contribution in [2.24, 2.45) is 0 Å². The van der Waals surface area contributed by atoms with Gasteiger partial charge in [0.1, 0.15) is 6.04 Å². The molecule has 0 radical (unpaired) electrons. The van der Waals surface area contributed by atoms with E-state index >= 15 is 0 Å². The van der Waals surface area contributed by atoms with Gasteiger partial charge in [0.2, 0.25) is 17.7 Å². The van der Waals surface area contributed by atoms with Crippen molar-refractivity contribution >= 4 is 41.0 Å². The smallest absolute Gasteiger partial charge is 0.257 e. The second kappa shape index (κ2) is 10.1. The van der Waals surface area contributed by atoms with Crippen LogP contribution < -0.4 is 15.0 Å². The Balaban J connectivity index is 1.72. The Bertz CT molecular complexity index is 1390. The molecule has 9 nitrogen and oxygen atoms in total. The molecule has 3 atom stereocenters. The molecule has 38 heavy (non-hydrogen) atoms. The van der Waals surface area contributed by atoms with Crippen LogP contribution in [-0.2, 0) is 4.79 Å². The van der Waals surface area contributed by atoms with Gasteiger partial charge in [-0.2, -0.15) is 4.98 Å². The van der Waals surface area contributed by atoms with Crippen LogP contribution in [0.15, 0.2) is 36.5 Å². The summed E-state index contributed by atoms with van der Waals surface area (Å²) in [5.74, 6) is 0.494. The number of halogens is 2. The molecule has 1 fully saturated rings. The lowest BCUT2D eigenvalue weighted by Gasteiger charge is -2.37. The second-order valence-electron chi connectivity index (χ2n) is 10.0. The molecule has 2 aliphatic rings. The quantitative estimate of drug-likeness (QED) is 0.455. The van der Waals surface area contributed by atoms with Crippen molar-refractivity contribution in [3.05, 3.63) is 58.4 Å². The Morgan fingerprint density at radius 1 is 1.16 bits per heavy atom. The number of carbonyl (C=O) groups is 2. The third-order valence-electron chi connectivity index (χ3n) is 7.01. The van der Waals surface area contributed by atoms with E-state index < -0.39 is 12.1 Å². The molecular weight excluding hydrogens is 527 g/mol. The van der Waals surface area contributed by atoms with Crippen LogP contribution in [0.4, 0.5) is 5.95 Å². The SMILES string of the molecule is COc1nc(N(C)C)ncc1-c1cc2c(n1C(C)C)C(c1ccc(Cl)cc1)N(C1CC(Cl)CNC1=O)C2=O. The number of carbonyl (C=O) groups excluding carboxylic acids is 2. The summed E-state index contributed by atoms with van der Waals surface area (Å²) in [4.78, 5) is 39.7. The first-order chi connectivity index (χ1) is 18.1. The zero-order valence-electron chi connectivity index (χ0n) is 21.9. The highest BCUT2D eigenvalue weighted by molar-refractivity contribution is 6.30. The van der Waals surface area contributed by atoms with Crippen molar-refractivity contribution in [1.29, 1.82) is 0 Å². The number of fused-ring (bicyclic) bond motifs is 1. The Morgan fingerprint density at radius 2 is 1.87 bits per heavy atom. The molecule has 1 N–H and O–H groups in total. The van der Waals surface area contributed by atoms with E-state index in [1.807, 2.05) is 32.3 Å². The monoisotopic (exact) mass is 556 g/mol. The van der Waals surface area contributed by atoms with E-state index in [2.05, 4.69) is 33.7 Å². The van der Waals surface area contributed by atoms with Gasteiger partial charge in [-0.1, -0.05) is 23.7 Å². The molecule has 0 spiro atoms. The lowest BCUT2D eigenvalue weighted by Crippen LogP contribution is -2.55. The molecule has 1 aromatic carbocycles. The van der Waals surface area contributed by atoms with E-state index in [1.54, 1.807) is 35.2 Å². The summed E-state index contributed by atoms with van der Waals surface area (Å²) in [5.41, 5.74) is 3.61. The van der Waals surface area contributed by atoms with Crippen molar-refractivity contribution in [2.75, 3.05) is 32.6 Å². The lowest BCUT2D eigenvalue weighted by molar-refractivity contribution is -0.127. The van der Waals surface area contributed by atoms with Crippen LogP contribution in [0.5, 0.6) is 5.88 Å². The number of alkyl halides is 1. The Labute approximate surface area is 231 Å². The maximum atomic E-state index is 14.1. The molecule has 2 aliphatic heterocycles. The number of aromatic nitrogens is 3. The average Bonchev–Trinajstić information content (AvgIpc) is 3.40. The summed E-state index contributed by atoms with van der Waals surface area (Å²) >= 11 is 12.7. The number of piperidine rings is 1. The fourth-order valence-electron chi connectivity index (χ4n) is 5.33.